The number of amides is 1. The van der Waals surface area contributed by atoms with Crippen LogP contribution in [-0.4, -0.2) is 64.9 Å². The highest BCUT2D eigenvalue weighted by molar-refractivity contribution is 5.99. The average molecular weight is 530 g/mol. The number of nitrogens with two attached hydrogens (primary N) is 1. The molecule has 1 heterocycles. The summed E-state index contributed by atoms with van der Waals surface area (Å²) in [5.41, 5.74) is 7.08. The van der Waals surface area contributed by atoms with Crippen molar-refractivity contribution >= 4 is 30.7 Å². The topological polar surface area (TPSA) is 95.3 Å². The second kappa shape index (κ2) is 14.2. The predicted molar refractivity (Wildman–Crippen MR) is 142 cm³/mol. The Hall–Kier alpha value is -2.39. The second-order valence-electron chi connectivity index (χ2n) is 8.41. The maximum atomic E-state index is 13.3. The Morgan fingerprint density at radius 1 is 1.06 bits per heavy atom. The van der Waals surface area contributed by atoms with E-state index in [0.717, 1.165) is 31.5 Å². The number of carbonyl (C=O) groups excluding carboxylic acids is 1. The molecule has 10 heteroatoms. The molecule has 0 radical (unpaired) electrons. The Morgan fingerprint density at radius 3 is 2.23 bits per heavy atom. The Balaban J connectivity index is 0.00000306. The fourth-order valence-electron chi connectivity index (χ4n) is 4.26. The van der Waals surface area contributed by atoms with Crippen molar-refractivity contribution in [2.45, 2.75) is 25.8 Å². The second-order valence-corrected chi connectivity index (χ2v) is 8.41. The number of piperidine rings is 1. The quantitative estimate of drug-likeness (QED) is 0.508. The SMILES string of the molecule is COc1c(Oc2ccc(CCN)cc2)cc(C(=O)N[C@@H]2CCN(C)C[C@H]2C)c(OC)c1OC.Cl.Cl. The van der Waals surface area contributed by atoms with Gasteiger partial charge in [0.2, 0.25) is 11.5 Å². The maximum absolute atomic E-state index is 13.3. The van der Waals surface area contributed by atoms with Crippen LogP contribution in [0.5, 0.6) is 28.7 Å². The molecule has 0 aliphatic carbocycles. The van der Waals surface area contributed by atoms with Crippen LogP contribution in [0.2, 0.25) is 0 Å². The fourth-order valence-corrected chi connectivity index (χ4v) is 4.26. The molecule has 0 spiro atoms. The smallest absolute Gasteiger partial charge is 0.255 e. The lowest BCUT2D eigenvalue weighted by atomic mass is 9.94. The Morgan fingerprint density at radius 2 is 1.69 bits per heavy atom. The van der Waals surface area contributed by atoms with E-state index in [1.165, 1.54) is 21.3 Å². The first-order valence-corrected chi connectivity index (χ1v) is 11.2. The molecule has 2 atom stereocenters. The normalized spacial score (nSPS) is 17.4. The molecule has 35 heavy (non-hydrogen) atoms. The van der Waals surface area contributed by atoms with Crippen molar-refractivity contribution in [3.05, 3.63) is 41.5 Å². The number of hydrogen-bond acceptors (Lipinski definition) is 7. The van der Waals surface area contributed by atoms with Crippen molar-refractivity contribution in [2.24, 2.45) is 11.7 Å². The molecule has 2 aromatic rings. The van der Waals surface area contributed by atoms with E-state index >= 15 is 0 Å². The number of halogens is 2. The van der Waals surface area contributed by atoms with Gasteiger partial charge < -0.3 is 34.9 Å². The summed E-state index contributed by atoms with van der Waals surface area (Å²) in [7, 11) is 6.63. The van der Waals surface area contributed by atoms with Crippen LogP contribution in [0.3, 0.4) is 0 Å². The Kier molecular flexibility index (Phi) is 12.5. The molecule has 0 saturated carbocycles. The number of methoxy groups -OCH3 is 3. The van der Waals surface area contributed by atoms with Gasteiger partial charge in [0.25, 0.3) is 5.91 Å². The van der Waals surface area contributed by atoms with Gasteiger partial charge in [0.15, 0.2) is 11.5 Å². The van der Waals surface area contributed by atoms with Crippen LogP contribution in [0, 0.1) is 5.92 Å². The van der Waals surface area contributed by atoms with Crippen molar-refractivity contribution in [2.75, 3.05) is 48.0 Å². The number of hydrogen-bond donors (Lipinski definition) is 2. The van der Waals surface area contributed by atoms with Crippen LogP contribution in [-0.2, 0) is 6.42 Å². The molecule has 3 rings (SSSR count). The molecule has 2 aromatic carbocycles. The summed E-state index contributed by atoms with van der Waals surface area (Å²) in [5.74, 6) is 2.03. The van der Waals surface area contributed by atoms with Crippen LogP contribution in [0.1, 0.15) is 29.3 Å². The van der Waals surface area contributed by atoms with Gasteiger partial charge in [0.1, 0.15) is 5.75 Å². The molecule has 3 N–H and O–H groups in total. The van der Waals surface area contributed by atoms with Crippen molar-refractivity contribution in [3.8, 4) is 28.7 Å². The molecule has 1 fully saturated rings. The summed E-state index contributed by atoms with van der Waals surface area (Å²) in [4.78, 5) is 15.6. The van der Waals surface area contributed by atoms with Gasteiger partial charge in [0, 0.05) is 18.7 Å². The summed E-state index contributed by atoms with van der Waals surface area (Å²) in [6, 6.07) is 9.37. The molecular formula is C25H37Cl2N3O5. The highest BCUT2D eigenvalue weighted by Crippen LogP contribution is 2.48. The van der Waals surface area contributed by atoms with E-state index in [4.69, 9.17) is 24.7 Å². The van der Waals surface area contributed by atoms with E-state index in [1.807, 2.05) is 24.3 Å². The number of ether oxygens (including phenoxy) is 4. The molecule has 1 aliphatic heterocycles. The third-order valence-electron chi connectivity index (χ3n) is 6.02. The first-order chi connectivity index (χ1) is 15.9. The van der Waals surface area contributed by atoms with Gasteiger partial charge in [-0.1, -0.05) is 19.1 Å². The highest BCUT2D eigenvalue weighted by atomic mass is 35.5. The first kappa shape index (κ1) is 30.6. The van der Waals surface area contributed by atoms with Crippen LogP contribution in [0.4, 0.5) is 0 Å². The van der Waals surface area contributed by atoms with Gasteiger partial charge >= 0.3 is 0 Å². The molecule has 1 aliphatic rings. The summed E-state index contributed by atoms with van der Waals surface area (Å²) in [5, 5.41) is 3.17. The summed E-state index contributed by atoms with van der Waals surface area (Å²) in [6.45, 7) is 4.60. The summed E-state index contributed by atoms with van der Waals surface area (Å²) >= 11 is 0. The van der Waals surface area contributed by atoms with Crippen LogP contribution < -0.4 is 30.0 Å². The van der Waals surface area contributed by atoms with E-state index in [1.54, 1.807) is 6.07 Å². The van der Waals surface area contributed by atoms with Crippen molar-refractivity contribution in [3.63, 3.8) is 0 Å². The fraction of sp³-hybridized carbons (Fsp3) is 0.480. The molecule has 0 bridgehead atoms. The minimum absolute atomic E-state index is 0. The van der Waals surface area contributed by atoms with Crippen LogP contribution in [0.25, 0.3) is 0 Å². The lowest BCUT2D eigenvalue weighted by Gasteiger charge is -2.35. The van der Waals surface area contributed by atoms with Gasteiger partial charge in [-0.3, -0.25) is 4.79 Å². The van der Waals surface area contributed by atoms with E-state index in [2.05, 4.69) is 24.2 Å². The van der Waals surface area contributed by atoms with Crippen LogP contribution >= 0.6 is 24.8 Å². The van der Waals surface area contributed by atoms with Crippen molar-refractivity contribution in [1.29, 1.82) is 0 Å². The van der Waals surface area contributed by atoms with E-state index < -0.39 is 0 Å². The number of nitrogens with one attached hydrogen (secondary N) is 1. The van der Waals surface area contributed by atoms with Gasteiger partial charge in [0.05, 0.1) is 26.9 Å². The van der Waals surface area contributed by atoms with Gasteiger partial charge in [-0.15, -0.1) is 24.8 Å². The number of carbonyl (C=O) groups is 1. The zero-order chi connectivity index (χ0) is 24.0. The molecule has 8 nitrogen and oxygen atoms in total. The standard InChI is InChI=1S/C25H35N3O5.2ClH/c1-16-15-28(2)13-11-20(16)27-25(29)19-14-21(23(31-4)24(32-5)22(19)30-3)33-18-8-6-17(7-9-18)10-12-26;;/h6-9,14,16,20H,10-13,15,26H2,1-5H3,(H,27,29);2*1H/t16-,20-;;/m1../s1. The monoisotopic (exact) mass is 529 g/mol. The highest BCUT2D eigenvalue weighted by Gasteiger charge is 2.30. The minimum atomic E-state index is -0.239. The molecular weight excluding hydrogens is 493 g/mol. The van der Waals surface area contributed by atoms with Crippen LogP contribution in [0.15, 0.2) is 30.3 Å². The predicted octanol–water partition coefficient (Wildman–Crippen LogP) is 3.92. The zero-order valence-corrected chi connectivity index (χ0v) is 22.6. The van der Waals surface area contributed by atoms with E-state index in [-0.39, 0.29) is 36.8 Å². The maximum Gasteiger partial charge on any atom is 0.255 e. The Bertz CT molecular complexity index is 959. The number of likely N-dealkylation sites (tertiary alicyclic amines) is 1. The molecule has 0 unspecified atom stereocenters. The van der Waals surface area contributed by atoms with E-state index in [9.17, 15) is 4.79 Å². The van der Waals surface area contributed by atoms with Gasteiger partial charge in [-0.2, -0.15) is 0 Å². The number of rotatable bonds is 9. The molecule has 1 saturated heterocycles. The number of benzene rings is 2. The third kappa shape index (κ3) is 7.30. The zero-order valence-electron chi connectivity index (χ0n) is 21.0. The van der Waals surface area contributed by atoms with Gasteiger partial charge in [-0.25, -0.2) is 0 Å². The van der Waals surface area contributed by atoms with Crippen molar-refractivity contribution < 1.29 is 23.7 Å². The molecule has 0 aromatic heterocycles. The minimum Gasteiger partial charge on any atom is -0.492 e. The number of nitrogens with zero attached hydrogens (tertiary/aromatic N) is 1. The largest absolute Gasteiger partial charge is 0.492 e. The average Bonchev–Trinajstić information content (AvgIpc) is 2.81. The molecule has 196 valence electrons. The lowest BCUT2D eigenvalue weighted by molar-refractivity contribution is 0.0879. The summed E-state index contributed by atoms with van der Waals surface area (Å²) < 4.78 is 22.8. The van der Waals surface area contributed by atoms with Crippen molar-refractivity contribution in [1.82, 2.24) is 10.2 Å². The van der Waals surface area contributed by atoms with E-state index in [0.29, 0.717) is 46.8 Å². The van der Waals surface area contributed by atoms with Gasteiger partial charge in [-0.05, 0) is 56.6 Å². The summed E-state index contributed by atoms with van der Waals surface area (Å²) in [6.07, 6.45) is 1.68. The Labute approximate surface area is 220 Å². The third-order valence-corrected chi connectivity index (χ3v) is 6.02. The molecule has 1 amide bonds. The first-order valence-electron chi connectivity index (χ1n) is 11.2. The lowest BCUT2D eigenvalue weighted by Crippen LogP contribution is -2.48.